The summed E-state index contributed by atoms with van der Waals surface area (Å²) in [5.41, 5.74) is 9.43. The van der Waals surface area contributed by atoms with Crippen LogP contribution in [0.15, 0.2) is 170 Å². The van der Waals surface area contributed by atoms with Gasteiger partial charge in [-0.15, -0.1) is 11.8 Å². The van der Waals surface area contributed by atoms with E-state index in [1.807, 2.05) is 6.92 Å². The molecule has 1 aliphatic heterocycles. The van der Waals surface area contributed by atoms with Crippen LogP contribution in [0, 0.1) is 23.7 Å². The Labute approximate surface area is 774 Å². The first kappa shape index (κ1) is 103. The van der Waals surface area contributed by atoms with E-state index >= 15 is 47.9 Å². The second-order valence-corrected chi connectivity index (χ2v) is 35.9. The minimum Gasteiger partial charge on any atom is -0.508 e. The van der Waals surface area contributed by atoms with Crippen LogP contribution in [0.2, 0.25) is 0 Å². The first-order valence-electron chi connectivity index (χ1n) is 45.0. The average molecular weight is 1830 g/mol. The number of aromatic nitrogens is 1. The number of ketones is 3. The molecule has 2 fully saturated rings. The summed E-state index contributed by atoms with van der Waals surface area (Å²) < 4.78 is 5.24. The predicted molar refractivity (Wildman–Crippen MR) is 497 cm³/mol. The first-order chi connectivity index (χ1) is 63.2. The highest BCUT2D eigenvalue weighted by Gasteiger charge is 2.43. The number of primary amides is 1. The molecule has 0 unspecified atom stereocenters. The molecule has 9 rings (SSSR count). The number of rotatable bonds is 25. The zero-order valence-electron chi connectivity index (χ0n) is 76.3. The number of likely N-dealkylation sites (N-methyl/N-ethyl adjacent to an activating group) is 5. The van der Waals surface area contributed by atoms with Gasteiger partial charge >= 0.3 is 0 Å². The number of nitrogens with one attached hydrogen (secondary N) is 7. The van der Waals surface area contributed by atoms with Crippen molar-refractivity contribution in [2.24, 2.45) is 29.4 Å². The van der Waals surface area contributed by atoms with Crippen molar-refractivity contribution >= 4 is 117 Å². The van der Waals surface area contributed by atoms with E-state index in [2.05, 4.69) is 36.9 Å². The number of phenols is 2. The van der Waals surface area contributed by atoms with Gasteiger partial charge in [0.15, 0.2) is 11.6 Å². The van der Waals surface area contributed by atoms with Gasteiger partial charge in [-0.2, -0.15) is 0 Å². The summed E-state index contributed by atoms with van der Waals surface area (Å²) >= 11 is 0.886. The van der Waals surface area contributed by atoms with Gasteiger partial charge in [-0.1, -0.05) is 186 Å². The molecule has 1 aromatic heterocycles. The fourth-order valence-electron chi connectivity index (χ4n) is 16.9. The fourth-order valence-corrected chi connectivity index (χ4v) is 17.8. The molecule has 32 nitrogen and oxygen atoms in total. The van der Waals surface area contributed by atoms with Crippen LogP contribution in [0.4, 0.5) is 0 Å². The van der Waals surface area contributed by atoms with Crippen LogP contribution in [0.25, 0.3) is 10.9 Å². The summed E-state index contributed by atoms with van der Waals surface area (Å²) in [6.45, 7) is 3.60. The topological polar surface area (TPSA) is 453 Å². The Hall–Kier alpha value is -13.1. The molecule has 1 saturated carbocycles. The highest BCUT2D eigenvalue weighted by atomic mass is 32.2. The number of benzene rings is 6. The maximum atomic E-state index is 15.8. The number of unbranched alkanes of at least 4 members (excludes halogenated alkanes) is 1. The van der Waals surface area contributed by atoms with E-state index in [1.165, 1.54) is 98.5 Å². The molecule has 2 heterocycles. The standard InChI is InChI=1S/C99H125N13O19S/c1-9-10-35-83-98(129)108(4)56-73(116)52-70(58-131-61-113)87(118)54-75(68-31-21-14-22-32-68)95(126)111(7)84(50-64-27-17-12-18-28-64)94(125)106-80(49-67-38-42-72(115)43-39-67)96(127)109(5)57-89(120)102-79(53-69-55-101-76-34-24-23-33-74(69)76)93(124)105-78(47-66-36-40-71(114)41-37-66)92(123)104-77(46-62(2)3)91(122)107-82(86(117)44-45-88(100)119)59-132-60-90(121)103-81(48-63-25-15-11-16-26-63)97(128)112(8)85(99(130)110(83)6)51-65-29-19-13-20-30-65/h11-13,15-20,23-30,33-34,36-43,55,61-62,68,70,75,77-85,101,114-115H,9-10,14,21-22,31-32,35,44-54,56-60H2,1-8H3,(H2,100,119)(H,102,120)(H,103,121)(H,104,123)(H,105,124)(H,106,125)(H,107,122)/t70-,75-,77-,78-,79-,80-,81-,82-,83-,84-,85-/m0/s1. The Balaban J connectivity index is 1.12. The van der Waals surface area contributed by atoms with Crippen LogP contribution in [0.3, 0.4) is 0 Å². The van der Waals surface area contributed by atoms with Gasteiger partial charge in [0.05, 0.1) is 30.8 Å². The zero-order valence-corrected chi connectivity index (χ0v) is 77.1. The van der Waals surface area contributed by atoms with E-state index in [4.69, 9.17) is 10.5 Å². The number of H-pyrrole nitrogens is 1. The van der Waals surface area contributed by atoms with Crippen molar-refractivity contribution in [1.82, 2.24) is 61.4 Å². The number of Topliss-reactive ketones (excluding diaryl/α,β-unsaturated/α-hetero) is 3. The van der Waals surface area contributed by atoms with Crippen molar-refractivity contribution in [3.05, 3.63) is 203 Å². The zero-order chi connectivity index (χ0) is 95.7. The van der Waals surface area contributed by atoms with Gasteiger partial charge < -0.3 is 82.1 Å². The summed E-state index contributed by atoms with van der Waals surface area (Å²) in [6.07, 6.45) is 2.87. The highest BCUT2D eigenvalue weighted by Crippen LogP contribution is 2.35. The highest BCUT2D eigenvalue weighted by molar-refractivity contribution is 8.00. The molecule has 132 heavy (non-hydrogen) atoms. The van der Waals surface area contributed by atoms with Gasteiger partial charge in [0.1, 0.15) is 72.2 Å². The van der Waals surface area contributed by atoms with Gasteiger partial charge in [0, 0.05) is 128 Å². The van der Waals surface area contributed by atoms with E-state index < -0.39 is 211 Å². The maximum absolute atomic E-state index is 15.8. The molecule has 12 amide bonds. The number of para-hydroxylation sites is 1. The number of ether oxygens (including phenoxy) is 1. The smallest absolute Gasteiger partial charge is 0.293 e. The number of nitrogens with two attached hydrogens (primary N) is 1. The van der Waals surface area contributed by atoms with Crippen molar-refractivity contribution in [1.29, 1.82) is 0 Å². The van der Waals surface area contributed by atoms with Gasteiger partial charge in [0.25, 0.3) is 6.47 Å². The second kappa shape index (κ2) is 50.9. The summed E-state index contributed by atoms with van der Waals surface area (Å²) in [5, 5.41) is 38.4. The molecule has 0 radical (unpaired) electrons. The molecule has 706 valence electrons. The second-order valence-electron chi connectivity index (χ2n) is 34.9. The molecular weight excluding hydrogens is 1710 g/mol. The van der Waals surface area contributed by atoms with Crippen molar-refractivity contribution < 1.29 is 91.7 Å². The van der Waals surface area contributed by atoms with Crippen LogP contribution >= 0.6 is 11.8 Å². The predicted octanol–water partition coefficient (Wildman–Crippen LogP) is 6.36. The number of aromatic amines is 1. The van der Waals surface area contributed by atoms with E-state index in [-0.39, 0.29) is 81.0 Å². The summed E-state index contributed by atoms with van der Waals surface area (Å²) in [5.74, 6) is -15.7. The largest absolute Gasteiger partial charge is 0.508 e. The van der Waals surface area contributed by atoms with Gasteiger partial charge in [-0.25, -0.2) is 0 Å². The Bertz CT molecular complexity index is 5120. The van der Waals surface area contributed by atoms with E-state index in [0.717, 1.165) is 28.0 Å². The number of hydrogen-bond donors (Lipinski definition) is 10. The molecule has 7 aromatic rings. The molecule has 2 aliphatic rings. The van der Waals surface area contributed by atoms with Gasteiger partial charge in [0.2, 0.25) is 70.9 Å². The number of amides is 12. The molecule has 33 heteroatoms. The quantitative estimate of drug-likeness (QED) is 0.0278. The summed E-state index contributed by atoms with van der Waals surface area (Å²) in [6, 6.07) is 32.1. The third kappa shape index (κ3) is 30.8. The lowest BCUT2D eigenvalue weighted by Gasteiger charge is -2.37. The molecular formula is C99H125N13O19S. The normalized spacial score (nSPS) is 22.6. The van der Waals surface area contributed by atoms with Crippen molar-refractivity contribution in [3.63, 3.8) is 0 Å². The average Bonchev–Trinajstić information content (AvgIpc) is 1.71. The third-order valence-electron chi connectivity index (χ3n) is 24.3. The van der Waals surface area contributed by atoms with Crippen LogP contribution < -0.4 is 37.6 Å². The SMILES string of the molecule is CCCC[C@H]1C(=O)N(C)CC(=O)C[C@@H](COC=O)C(=O)C[C@@H](C2CCCCC2)C(=O)N(C)[C@@H](Cc2ccccc2)C(=O)N[C@@H](Cc2ccc(O)cc2)C(=O)N(C)CC(=O)N[C@@H](Cc2c[nH]c3ccccc23)C(=O)N[C@@H](Cc2ccc(O)cc2)C(=O)N[C@@H](CC(C)C)C(=O)N[C@H](C(=O)CCC(N)=O)CSCC(=O)N[C@@H](Cc2ccccc2)C(=O)N(C)[C@@H](Cc2ccccc2)C(=O)N1C. The molecule has 1 aliphatic carbocycles. The lowest BCUT2D eigenvalue weighted by atomic mass is 9.75. The van der Waals surface area contributed by atoms with Gasteiger partial charge in [-0.3, -0.25) is 76.7 Å². The van der Waals surface area contributed by atoms with Crippen molar-refractivity contribution in [2.75, 3.05) is 66.4 Å². The number of phenolic OH excluding ortho intramolecular Hbond substituents is 2. The summed E-state index contributed by atoms with van der Waals surface area (Å²) in [4.78, 5) is 246. The molecule has 1 saturated heterocycles. The molecule has 11 atom stereocenters. The Morgan fingerprint density at radius 3 is 1.57 bits per heavy atom. The summed E-state index contributed by atoms with van der Waals surface area (Å²) in [7, 11) is 6.92. The molecule has 0 spiro atoms. The van der Waals surface area contributed by atoms with Crippen molar-refractivity contribution in [2.45, 2.75) is 197 Å². The van der Waals surface area contributed by atoms with Crippen LogP contribution in [0.5, 0.6) is 11.5 Å². The van der Waals surface area contributed by atoms with Crippen molar-refractivity contribution in [3.8, 4) is 11.5 Å². The number of carbonyl (C=O) groups excluding carboxylic acids is 16. The molecule has 6 aromatic carbocycles. The van der Waals surface area contributed by atoms with Crippen LogP contribution in [-0.2, 0) is 120 Å². The number of hydrogen-bond acceptors (Lipinski definition) is 20. The molecule has 0 bridgehead atoms. The Morgan fingerprint density at radius 1 is 0.500 bits per heavy atom. The van der Waals surface area contributed by atoms with Crippen LogP contribution in [0.1, 0.15) is 138 Å². The molecule has 11 N–H and O–H groups in total. The van der Waals surface area contributed by atoms with E-state index in [9.17, 15) is 39.0 Å². The number of fused-ring (bicyclic) bond motifs is 1. The Kier molecular flexibility index (Phi) is 39.6. The lowest BCUT2D eigenvalue weighted by molar-refractivity contribution is -0.151. The van der Waals surface area contributed by atoms with E-state index in [1.54, 1.807) is 135 Å². The minimum absolute atomic E-state index is 0.0612. The number of nitrogens with zero attached hydrogens (tertiary/aromatic N) is 5. The maximum Gasteiger partial charge on any atom is 0.293 e. The van der Waals surface area contributed by atoms with Gasteiger partial charge in [-0.05, 0) is 101 Å². The first-order valence-corrected chi connectivity index (χ1v) is 46.2. The lowest BCUT2D eigenvalue weighted by Crippen LogP contribution is -2.59. The number of carbonyl (C=O) groups is 16. The minimum atomic E-state index is -1.57. The number of aromatic hydroxyl groups is 2. The third-order valence-corrected chi connectivity index (χ3v) is 25.4. The number of thioether (sulfide) groups is 1. The van der Waals surface area contributed by atoms with Crippen LogP contribution in [-0.4, -0.2) is 255 Å². The Morgan fingerprint density at radius 2 is 0.992 bits per heavy atom. The fraction of sp³-hybridized carbons (Fsp3) is 0.455. The van der Waals surface area contributed by atoms with E-state index in [0.29, 0.717) is 82.8 Å². The monoisotopic (exact) mass is 1830 g/mol.